The van der Waals surface area contributed by atoms with Gasteiger partial charge in [0.1, 0.15) is 5.82 Å². The average Bonchev–Trinajstić information content (AvgIpc) is 3.09. The van der Waals surface area contributed by atoms with Crippen molar-refractivity contribution in [1.29, 1.82) is 0 Å². The van der Waals surface area contributed by atoms with Crippen LogP contribution in [0.1, 0.15) is 6.92 Å². The molecule has 1 aliphatic heterocycles. The topological polar surface area (TPSA) is 48.5 Å². The molecule has 2 heterocycles. The molecule has 1 amide bonds. The third-order valence-corrected chi connectivity index (χ3v) is 4.86. The fraction of sp³-hybridized carbons (Fsp3) is 0.375. The second-order valence-electron chi connectivity index (χ2n) is 5.51. The highest BCUT2D eigenvalue weighted by atomic mass is 32.1. The molecular formula is C16H19FN4OS. The number of hydrogen-bond donors (Lipinski definition) is 1. The number of benzene rings is 1. The number of nitrogens with zero attached hydrogens (tertiary/aromatic N) is 3. The molecule has 122 valence electrons. The second-order valence-corrected chi connectivity index (χ2v) is 6.39. The van der Waals surface area contributed by atoms with Crippen molar-refractivity contribution in [3.8, 4) is 0 Å². The highest BCUT2D eigenvalue weighted by Crippen LogP contribution is 2.20. The number of amides is 1. The van der Waals surface area contributed by atoms with Gasteiger partial charge in [-0.3, -0.25) is 9.69 Å². The van der Waals surface area contributed by atoms with Crippen molar-refractivity contribution in [2.24, 2.45) is 0 Å². The molecular weight excluding hydrogens is 315 g/mol. The fourth-order valence-electron chi connectivity index (χ4n) is 2.65. The zero-order valence-corrected chi connectivity index (χ0v) is 13.7. The Morgan fingerprint density at radius 3 is 2.78 bits per heavy atom. The van der Waals surface area contributed by atoms with Crippen LogP contribution in [0.25, 0.3) is 0 Å². The van der Waals surface area contributed by atoms with Crippen molar-refractivity contribution in [3.05, 3.63) is 41.7 Å². The first kappa shape index (κ1) is 15.9. The fourth-order valence-corrected chi connectivity index (χ4v) is 3.35. The van der Waals surface area contributed by atoms with Gasteiger partial charge < -0.3 is 10.2 Å². The Balaban J connectivity index is 1.54. The third kappa shape index (κ3) is 3.86. The van der Waals surface area contributed by atoms with Crippen molar-refractivity contribution in [1.82, 2.24) is 9.88 Å². The standard InChI is InChI=1S/C16H19FN4OS/c1-12(15(22)19-14-4-2-3-13(17)11-14)20-6-8-21(9-7-20)16-18-5-10-23-16/h2-5,10-12H,6-9H2,1H3,(H,19,22)/t12-/m0/s1. The van der Waals surface area contributed by atoms with E-state index in [0.29, 0.717) is 5.69 Å². The number of carbonyl (C=O) groups is 1. The zero-order valence-electron chi connectivity index (χ0n) is 12.9. The quantitative estimate of drug-likeness (QED) is 0.933. The van der Waals surface area contributed by atoms with Crippen LogP contribution in [0.2, 0.25) is 0 Å². The van der Waals surface area contributed by atoms with Crippen LogP contribution in [-0.2, 0) is 4.79 Å². The summed E-state index contributed by atoms with van der Waals surface area (Å²) < 4.78 is 13.2. The number of piperazine rings is 1. The SMILES string of the molecule is C[C@@H](C(=O)Nc1cccc(F)c1)N1CCN(c2nccs2)CC1. The number of halogens is 1. The molecule has 1 aromatic heterocycles. The van der Waals surface area contributed by atoms with Gasteiger partial charge in [0.05, 0.1) is 6.04 Å². The summed E-state index contributed by atoms with van der Waals surface area (Å²) in [5.41, 5.74) is 0.489. The Labute approximate surface area is 138 Å². The van der Waals surface area contributed by atoms with Crippen LogP contribution in [0.15, 0.2) is 35.8 Å². The number of thiazole rings is 1. The smallest absolute Gasteiger partial charge is 0.241 e. The van der Waals surface area contributed by atoms with E-state index < -0.39 is 0 Å². The summed E-state index contributed by atoms with van der Waals surface area (Å²) in [5, 5.41) is 5.77. The highest BCUT2D eigenvalue weighted by molar-refractivity contribution is 7.13. The molecule has 23 heavy (non-hydrogen) atoms. The van der Waals surface area contributed by atoms with E-state index in [1.807, 2.05) is 12.3 Å². The number of hydrogen-bond acceptors (Lipinski definition) is 5. The van der Waals surface area contributed by atoms with Gasteiger partial charge in [-0.1, -0.05) is 6.07 Å². The molecule has 0 radical (unpaired) electrons. The Morgan fingerprint density at radius 2 is 2.13 bits per heavy atom. The van der Waals surface area contributed by atoms with E-state index in [2.05, 4.69) is 20.1 Å². The summed E-state index contributed by atoms with van der Waals surface area (Å²) in [4.78, 5) is 21.0. The van der Waals surface area contributed by atoms with Gasteiger partial charge in [0.15, 0.2) is 5.13 Å². The van der Waals surface area contributed by atoms with Crippen LogP contribution < -0.4 is 10.2 Å². The first-order valence-electron chi connectivity index (χ1n) is 7.58. The van der Waals surface area contributed by atoms with E-state index in [-0.39, 0.29) is 17.8 Å². The monoisotopic (exact) mass is 334 g/mol. The minimum Gasteiger partial charge on any atom is -0.346 e. The maximum absolute atomic E-state index is 13.2. The highest BCUT2D eigenvalue weighted by Gasteiger charge is 2.26. The number of anilines is 2. The van der Waals surface area contributed by atoms with Crippen LogP contribution in [0.4, 0.5) is 15.2 Å². The van der Waals surface area contributed by atoms with Crippen molar-refractivity contribution < 1.29 is 9.18 Å². The van der Waals surface area contributed by atoms with E-state index >= 15 is 0 Å². The molecule has 0 unspecified atom stereocenters. The van der Waals surface area contributed by atoms with Crippen molar-refractivity contribution in [2.75, 3.05) is 36.4 Å². The molecule has 7 heteroatoms. The van der Waals surface area contributed by atoms with E-state index in [9.17, 15) is 9.18 Å². The number of aromatic nitrogens is 1. The first-order chi connectivity index (χ1) is 11.1. The van der Waals surface area contributed by atoms with Gasteiger partial charge in [-0.25, -0.2) is 9.37 Å². The lowest BCUT2D eigenvalue weighted by molar-refractivity contribution is -0.120. The van der Waals surface area contributed by atoms with Crippen molar-refractivity contribution >= 4 is 28.1 Å². The molecule has 1 saturated heterocycles. The summed E-state index contributed by atoms with van der Waals surface area (Å²) in [6, 6.07) is 5.70. The lowest BCUT2D eigenvalue weighted by Gasteiger charge is -2.37. The van der Waals surface area contributed by atoms with E-state index in [1.165, 1.54) is 12.1 Å². The summed E-state index contributed by atoms with van der Waals surface area (Å²) >= 11 is 1.63. The molecule has 2 aromatic rings. The summed E-state index contributed by atoms with van der Waals surface area (Å²) in [6.45, 7) is 5.19. The Morgan fingerprint density at radius 1 is 1.35 bits per heavy atom. The molecule has 1 aromatic carbocycles. The van der Waals surface area contributed by atoms with Crippen LogP contribution in [0.3, 0.4) is 0 Å². The lowest BCUT2D eigenvalue weighted by atomic mass is 10.2. The molecule has 5 nitrogen and oxygen atoms in total. The van der Waals surface area contributed by atoms with Gasteiger partial charge in [0.2, 0.25) is 5.91 Å². The van der Waals surface area contributed by atoms with Gasteiger partial charge in [-0.05, 0) is 25.1 Å². The van der Waals surface area contributed by atoms with Gasteiger partial charge in [0.25, 0.3) is 0 Å². The van der Waals surface area contributed by atoms with Gasteiger partial charge >= 0.3 is 0 Å². The maximum Gasteiger partial charge on any atom is 0.241 e. The molecule has 0 bridgehead atoms. The molecule has 0 saturated carbocycles. The summed E-state index contributed by atoms with van der Waals surface area (Å²) in [5.74, 6) is -0.467. The molecule has 0 aliphatic carbocycles. The second kappa shape index (κ2) is 7.06. The molecule has 1 aliphatic rings. The summed E-state index contributed by atoms with van der Waals surface area (Å²) in [6.07, 6.45) is 1.81. The van der Waals surface area contributed by atoms with Gasteiger partial charge in [0, 0.05) is 43.4 Å². The maximum atomic E-state index is 13.2. The predicted octanol–water partition coefficient (Wildman–Crippen LogP) is 2.43. The van der Waals surface area contributed by atoms with E-state index in [4.69, 9.17) is 0 Å². The average molecular weight is 334 g/mol. The van der Waals surface area contributed by atoms with Crippen LogP contribution in [-0.4, -0.2) is 48.0 Å². The van der Waals surface area contributed by atoms with Gasteiger partial charge in [-0.15, -0.1) is 11.3 Å². The molecule has 3 rings (SSSR count). The largest absolute Gasteiger partial charge is 0.346 e. The third-order valence-electron chi connectivity index (χ3n) is 4.02. The number of nitrogens with one attached hydrogen (secondary N) is 1. The number of carbonyl (C=O) groups excluding carboxylic acids is 1. The van der Waals surface area contributed by atoms with Crippen LogP contribution >= 0.6 is 11.3 Å². The van der Waals surface area contributed by atoms with Crippen LogP contribution in [0.5, 0.6) is 0 Å². The Kier molecular flexibility index (Phi) is 4.88. The molecule has 1 N–H and O–H groups in total. The van der Waals surface area contributed by atoms with Gasteiger partial charge in [-0.2, -0.15) is 0 Å². The minimum absolute atomic E-state index is 0.113. The van der Waals surface area contributed by atoms with Crippen molar-refractivity contribution in [3.63, 3.8) is 0 Å². The first-order valence-corrected chi connectivity index (χ1v) is 8.46. The molecule has 1 atom stereocenters. The Hall–Kier alpha value is -1.99. The summed E-state index contributed by atoms with van der Waals surface area (Å²) in [7, 11) is 0. The normalized spacial score (nSPS) is 17.0. The van der Waals surface area contributed by atoms with E-state index in [1.54, 1.807) is 29.7 Å². The zero-order chi connectivity index (χ0) is 16.2. The Bertz CT molecular complexity index is 656. The number of rotatable bonds is 4. The molecule has 1 fully saturated rings. The predicted molar refractivity (Wildman–Crippen MR) is 90.4 cm³/mol. The van der Waals surface area contributed by atoms with E-state index in [0.717, 1.165) is 31.3 Å². The molecule has 0 spiro atoms. The van der Waals surface area contributed by atoms with Crippen LogP contribution in [0, 0.1) is 5.82 Å². The minimum atomic E-state index is -0.354. The lowest BCUT2D eigenvalue weighted by Crippen LogP contribution is -2.52. The van der Waals surface area contributed by atoms with Crippen molar-refractivity contribution in [2.45, 2.75) is 13.0 Å².